The molecule has 7 nitrogen and oxygen atoms in total. The fourth-order valence-corrected chi connectivity index (χ4v) is 17.7. The molecule has 2 unspecified atom stereocenters. The van der Waals surface area contributed by atoms with Crippen molar-refractivity contribution in [3.63, 3.8) is 0 Å². The Kier molecular flexibility index (Phi) is 9.60. The Labute approximate surface area is 305 Å². The number of ether oxygens (including phenoxy) is 4. The lowest BCUT2D eigenvalue weighted by Crippen LogP contribution is -2.61. The van der Waals surface area contributed by atoms with Crippen molar-refractivity contribution in [3.8, 4) is 0 Å². The van der Waals surface area contributed by atoms with Crippen LogP contribution in [0, 0.1) is 50.7 Å². The topological polar surface area (TPSA) is 89.2 Å². The summed E-state index contributed by atoms with van der Waals surface area (Å²) in [5.41, 5.74) is 7.40. The highest BCUT2D eigenvalue weighted by Crippen LogP contribution is 2.89. The van der Waals surface area contributed by atoms with Crippen LogP contribution >= 0.6 is 0 Å². The zero-order valence-electron chi connectivity index (χ0n) is 33.1. The van der Waals surface area contributed by atoms with E-state index in [4.69, 9.17) is 29.1 Å². The number of fused-ring (bicyclic) bond motifs is 4. The Bertz CT molecular complexity index is 1300. The van der Waals surface area contributed by atoms with Crippen LogP contribution in [0.4, 0.5) is 4.79 Å². The number of nitrogens with two attached hydrogens (primary N) is 1. The van der Waals surface area contributed by atoms with Crippen molar-refractivity contribution in [3.05, 3.63) is 12.2 Å². The van der Waals surface area contributed by atoms with Crippen LogP contribution < -0.4 is 5.73 Å². The van der Waals surface area contributed by atoms with E-state index in [1.54, 1.807) is 0 Å². The molecule has 14 atom stereocenters. The standard InChI is InChI=1S/C42H71NO6Si/c1-11-50(12-2,13-3)49-36-35-33(27(6)24-28(46-35)34(26(4)5)48-37(43)44)39(9)21-22-42-25-41(42)20-19-31(47-32-16-14-15-23-45-32)38(7,8)29(41)17-18-30(42)40(36,39)10/h27-36H,4,11-25H2,1-3,5-10H3,(H2,43,44)/t27-,28-,29+,30+,31?,32+,33+,34-,35+,36+,39-,40-,41-,42?/m1/s1. The van der Waals surface area contributed by atoms with Gasteiger partial charge in [-0.2, -0.15) is 0 Å². The van der Waals surface area contributed by atoms with Gasteiger partial charge in [0, 0.05) is 12.0 Å². The lowest BCUT2D eigenvalue weighted by molar-refractivity contribution is -0.242. The summed E-state index contributed by atoms with van der Waals surface area (Å²) in [4.78, 5) is 12.1. The summed E-state index contributed by atoms with van der Waals surface area (Å²) >= 11 is 0. The number of primary amides is 1. The Morgan fingerprint density at radius 3 is 2.26 bits per heavy atom. The van der Waals surface area contributed by atoms with Gasteiger partial charge in [-0.1, -0.05) is 62.0 Å². The molecule has 5 aliphatic carbocycles. The van der Waals surface area contributed by atoms with Gasteiger partial charge in [-0.3, -0.25) is 0 Å². The average Bonchev–Trinajstić information content (AvgIpc) is 3.70. The molecule has 2 spiro atoms. The Morgan fingerprint density at radius 1 is 0.960 bits per heavy atom. The van der Waals surface area contributed by atoms with Crippen LogP contribution in [0.3, 0.4) is 0 Å². The van der Waals surface area contributed by atoms with Gasteiger partial charge in [-0.15, -0.1) is 0 Å². The second-order valence-electron chi connectivity index (χ2n) is 19.5. The number of carbonyl (C=O) groups excluding carboxylic acids is 1. The second-order valence-corrected chi connectivity index (χ2v) is 24.2. The van der Waals surface area contributed by atoms with E-state index in [0.717, 1.165) is 56.0 Å². The van der Waals surface area contributed by atoms with Gasteiger partial charge in [-0.05, 0) is 147 Å². The van der Waals surface area contributed by atoms with Crippen molar-refractivity contribution >= 4 is 14.4 Å². The van der Waals surface area contributed by atoms with Gasteiger partial charge >= 0.3 is 6.09 Å². The monoisotopic (exact) mass is 714 g/mol. The van der Waals surface area contributed by atoms with Gasteiger partial charge in [0.2, 0.25) is 0 Å². The summed E-state index contributed by atoms with van der Waals surface area (Å²) in [5, 5.41) is 0. The molecular formula is C42H71NO6Si. The summed E-state index contributed by atoms with van der Waals surface area (Å²) in [6.07, 6.45) is 11.8. The normalized spacial score (nSPS) is 48.2. The fraction of sp³-hybridized carbons (Fsp3) is 0.929. The molecule has 2 saturated heterocycles. The summed E-state index contributed by atoms with van der Waals surface area (Å²) < 4.78 is 33.9. The van der Waals surface area contributed by atoms with Crippen molar-refractivity contribution < 1.29 is 28.2 Å². The first kappa shape index (κ1) is 37.4. The Hall–Kier alpha value is -0.933. The number of hydrogen-bond donors (Lipinski definition) is 1. The SMILES string of the molecule is C=C(C)[C@@H](OC(N)=O)[C@H]1C[C@@H](C)[C@H]2[C@H](O1)[C@H](O[Si](CC)(CC)CC)[C@@]1(C)[C@@H]3CC[C@H]4C(C)(C)C(O[C@H]5CCCCO5)CC[C@@]45CC35CC[C@]21C. The summed E-state index contributed by atoms with van der Waals surface area (Å²) in [5.74, 6) is 2.09. The van der Waals surface area contributed by atoms with Crippen LogP contribution in [0.15, 0.2) is 12.2 Å². The molecule has 2 heterocycles. The Morgan fingerprint density at radius 2 is 1.64 bits per heavy atom. The van der Waals surface area contributed by atoms with Crippen LogP contribution in [0.1, 0.15) is 133 Å². The van der Waals surface area contributed by atoms with Crippen LogP contribution in [0.2, 0.25) is 18.1 Å². The predicted molar refractivity (Wildman–Crippen MR) is 200 cm³/mol. The van der Waals surface area contributed by atoms with Crippen molar-refractivity contribution in [2.75, 3.05) is 6.61 Å². The van der Waals surface area contributed by atoms with Gasteiger partial charge in [0.1, 0.15) is 0 Å². The average molecular weight is 714 g/mol. The van der Waals surface area contributed by atoms with Crippen LogP contribution in [0.5, 0.6) is 0 Å². The zero-order valence-corrected chi connectivity index (χ0v) is 34.1. The van der Waals surface area contributed by atoms with E-state index in [9.17, 15) is 4.79 Å². The van der Waals surface area contributed by atoms with Crippen LogP contribution in [0.25, 0.3) is 0 Å². The first-order chi connectivity index (χ1) is 23.6. The number of hydrogen-bond acceptors (Lipinski definition) is 6. The maximum Gasteiger partial charge on any atom is 0.405 e. The van der Waals surface area contributed by atoms with Gasteiger partial charge < -0.3 is 29.1 Å². The summed E-state index contributed by atoms with van der Waals surface area (Å²) in [7, 11) is -2.02. The van der Waals surface area contributed by atoms with E-state index in [0.29, 0.717) is 34.5 Å². The maximum atomic E-state index is 12.1. The Balaban J connectivity index is 1.25. The molecule has 8 heteroatoms. The van der Waals surface area contributed by atoms with E-state index in [2.05, 4.69) is 62.0 Å². The van der Waals surface area contributed by atoms with Crippen molar-refractivity contribution in [1.29, 1.82) is 0 Å². The maximum absolute atomic E-state index is 12.1. The third-order valence-electron chi connectivity index (χ3n) is 17.6. The number of carbonyl (C=O) groups is 1. The first-order valence-corrected chi connectivity index (χ1v) is 23.3. The molecule has 0 radical (unpaired) electrons. The number of amides is 1. The molecule has 7 rings (SSSR count). The van der Waals surface area contributed by atoms with Gasteiger partial charge in [0.05, 0.1) is 24.4 Å². The van der Waals surface area contributed by atoms with Crippen LogP contribution in [-0.2, 0) is 23.4 Å². The van der Waals surface area contributed by atoms with E-state index in [1.165, 1.54) is 44.9 Å². The third kappa shape index (κ3) is 5.16. The zero-order chi connectivity index (χ0) is 36.1. The number of rotatable bonds is 10. The minimum absolute atomic E-state index is 0.00729. The minimum atomic E-state index is -2.02. The highest BCUT2D eigenvalue weighted by atomic mass is 28.4. The van der Waals surface area contributed by atoms with E-state index >= 15 is 0 Å². The van der Waals surface area contributed by atoms with Gasteiger partial charge in [0.15, 0.2) is 20.7 Å². The minimum Gasteiger partial charge on any atom is -0.439 e. The van der Waals surface area contributed by atoms with E-state index in [1.807, 2.05) is 6.92 Å². The van der Waals surface area contributed by atoms with E-state index < -0.39 is 20.5 Å². The molecule has 0 aromatic rings. The molecule has 50 heavy (non-hydrogen) atoms. The lowest BCUT2D eigenvalue weighted by atomic mass is 9.41. The molecule has 1 amide bonds. The van der Waals surface area contributed by atoms with Crippen molar-refractivity contribution in [2.24, 2.45) is 56.5 Å². The smallest absolute Gasteiger partial charge is 0.405 e. The molecule has 7 fully saturated rings. The second kappa shape index (κ2) is 12.8. The van der Waals surface area contributed by atoms with Gasteiger partial charge in [-0.25, -0.2) is 4.79 Å². The molecule has 7 aliphatic rings. The molecule has 2 N–H and O–H groups in total. The largest absolute Gasteiger partial charge is 0.439 e. The predicted octanol–water partition coefficient (Wildman–Crippen LogP) is 9.78. The quantitative estimate of drug-likeness (QED) is 0.138. The van der Waals surface area contributed by atoms with Crippen molar-refractivity contribution in [1.82, 2.24) is 0 Å². The molecule has 0 bridgehead atoms. The molecule has 0 aromatic heterocycles. The third-order valence-corrected chi connectivity index (χ3v) is 22.2. The molecule has 2 aliphatic heterocycles. The molecular weight excluding hydrogens is 643 g/mol. The highest BCUT2D eigenvalue weighted by Gasteiger charge is 2.85. The van der Waals surface area contributed by atoms with E-state index in [-0.39, 0.29) is 47.0 Å². The molecule has 284 valence electrons. The molecule has 5 saturated carbocycles. The molecule has 0 aromatic carbocycles. The highest BCUT2D eigenvalue weighted by molar-refractivity contribution is 6.73. The van der Waals surface area contributed by atoms with Crippen LogP contribution in [-0.4, -0.2) is 57.8 Å². The van der Waals surface area contributed by atoms with Gasteiger partial charge in [0.25, 0.3) is 0 Å². The summed E-state index contributed by atoms with van der Waals surface area (Å²) in [6.45, 7) is 26.9. The summed E-state index contributed by atoms with van der Waals surface area (Å²) in [6, 6.07) is 3.38. The van der Waals surface area contributed by atoms with Crippen molar-refractivity contribution in [2.45, 2.75) is 188 Å². The fourth-order valence-electron chi connectivity index (χ4n) is 14.8. The first-order valence-electron chi connectivity index (χ1n) is 20.8. The lowest BCUT2D eigenvalue weighted by Gasteiger charge is -2.64.